The number of aliphatic hydroxyl groups is 1. The molecule has 1 aromatic rings. The highest BCUT2D eigenvalue weighted by molar-refractivity contribution is 8.00. The van der Waals surface area contributed by atoms with Gasteiger partial charge in [-0.2, -0.15) is 0 Å². The zero-order valence-electron chi connectivity index (χ0n) is 8.30. The Morgan fingerprint density at radius 2 is 2.50 bits per heavy atom. The molecule has 1 aliphatic heterocycles. The Morgan fingerprint density at radius 3 is 3.12 bits per heavy atom. The van der Waals surface area contributed by atoms with E-state index in [1.807, 2.05) is 0 Å². The van der Waals surface area contributed by atoms with Crippen LogP contribution < -0.4 is 11.3 Å². The summed E-state index contributed by atoms with van der Waals surface area (Å²) in [6.45, 7) is -0.132. The van der Waals surface area contributed by atoms with E-state index in [0.29, 0.717) is 5.75 Å². The van der Waals surface area contributed by atoms with Crippen LogP contribution in [0.2, 0.25) is 0 Å². The van der Waals surface area contributed by atoms with Gasteiger partial charge in [-0.1, -0.05) is 0 Å². The lowest BCUT2D eigenvalue weighted by Crippen LogP contribution is -2.26. The second-order valence-electron chi connectivity index (χ2n) is 3.36. The zero-order chi connectivity index (χ0) is 11.7. The van der Waals surface area contributed by atoms with Crippen LogP contribution in [0.15, 0.2) is 17.1 Å². The Kier molecular flexibility index (Phi) is 3.17. The molecule has 1 aliphatic rings. The van der Waals surface area contributed by atoms with Crippen molar-refractivity contribution in [1.29, 1.82) is 0 Å². The molecule has 0 unspecified atom stereocenters. The van der Waals surface area contributed by atoms with Gasteiger partial charge in [0.15, 0.2) is 5.82 Å². The first-order valence-electron chi connectivity index (χ1n) is 4.67. The van der Waals surface area contributed by atoms with Gasteiger partial charge in [0.1, 0.15) is 11.7 Å². The van der Waals surface area contributed by atoms with Gasteiger partial charge in [-0.3, -0.25) is 9.36 Å². The third-order valence-electron chi connectivity index (χ3n) is 2.25. The normalized spacial score (nSPS) is 24.9. The van der Waals surface area contributed by atoms with Gasteiger partial charge in [0, 0.05) is 18.0 Å². The number of thioether (sulfide) groups is 1. The summed E-state index contributed by atoms with van der Waals surface area (Å²) in [6, 6.07) is 1.02. The third-order valence-corrected chi connectivity index (χ3v) is 3.36. The van der Waals surface area contributed by atoms with Crippen LogP contribution in [0.3, 0.4) is 0 Å². The maximum Gasteiger partial charge on any atom is 0.254 e. The first-order valence-corrected chi connectivity index (χ1v) is 5.72. The summed E-state index contributed by atoms with van der Waals surface area (Å²) in [5.74, 6) is -0.158. The molecule has 0 aromatic carbocycles. The molecule has 0 radical (unpaired) electrons. The molecule has 1 saturated heterocycles. The number of nitrogens with two attached hydrogens (primary N) is 1. The van der Waals surface area contributed by atoms with Crippen LogP contribution in [0.5, 0.6) is 0 Å². The Hall–Kier alpha value is -1.05. The zero-order valence-corrected chi connectivity index (χ0v) is 9.11. The van der Waals surface area contributed by atoms with Crippen molar-refractivity contribution in [3.05, 3.63) is 28.4 Å². The maximum atomic E-state index is 13.2. The van der Waals surface area contributed by atoms with Gasteiger partial charge in [0.2, 0.25) is 0 Å². The fourth-order valence-electron chi connectivity index (χ4n) is 1.45. The first kappa shape index (κ1) is 11.4. The maximum absolute atomic E-state index is 13.2. The van der Waals surface area contributed by atoms with E-state index in [2.05, 4.69) is 0 Å². The topological polar surface area (TPSA) is 77.5 Å². The minimum absolute atomic E-state index is 0.132. The summed E-state index contributed by atoms with van der Waals surface area (Å²) in [4.78, 5) is 11.5. The molecule has 0 bridgehead atoms. The number of anilines is 1. The highest BCUT2D eigenvalue weighted by Crippen LogP contribution is 2.30. The van der Waals surface area contributed by atoms with E-state index in [1.54, 1.807) is 0 Å². The van der Waals surface area contributed by atoms with Crippen molar-refractivity contribution < 1.29 is 14.2 Å². The SMILES string of the molecule is Nc1cc(=O)n([C@H]2CS[C@H](CO)O2)cc1F. The average Bonchev–Trinajstić information content (AvgIpc) is 2.71. The van der Waals surface area contributed by atoms with Crippen molar-refractivity contribution in [3.63, 3.8) is 0 Å². The number of rotatable bonds is 2. The Balaban J connectivity index is 2.28. The minimum atomic E-state index is -0.652. The molecule has 3 N–H and O–H groups in total. The molecule has 16 heavy (non-hydrogen) atoms. The van der Waals surface area contributed by atoms with Crippen LogP contribution in [-0.2, 0) is 4.74 Å². The number of halogens is 1. The molecule has 0 aliphatic carbocycles. The number of hydrogen-bond acceptors (Lipinski definition) is 5. The second kappa shape index (κ2) is 4.44. The van der Waals surface area contributed by atoms with Crippen molar-refractivity contribution in [1.82, 2.24) is 4.57 Å². The summed E-state index contributed by atoms with van der Waals surface area (Å²) < 4.78 is 19.7. The van der Waals surface area contributed by atoms with Crippen molar-refractivity contribution in [2.75, 3.05) is 18.1 Å². The minimum Gasteiger partial charge on any atom is -0.396 e. The largest absolute Gasteiger partial charge is 0.396 e. The Labute approximate surface area is 95.0 Å². The van der Waals surface area contributed by atoms with Gasteiger partial charge in [-0.05, 0) is 0 Å². The smallest absolute Gasteiger partial charge is 0.254 e. The van der Waals surface area contributed by atoms with E-state index in [1.165, 1.54) is 11.8 Å². The number of nitrogens with zero attached hydrogens (tertiary/aromatic N) is 1. The van der Waals surface area contributed by atoms with Crippen LogP contribution in [-0.4, -0.2) is 27.5 Å². The molecule has 1 fully saturated rings. The molecular weight excluding hydrogens is 235 g/mol. The van der Waals surface area contributed by atoms with E-state index < -0.39 is 17.6 Å². The Bertz CT molecular complexity index is 451. The fraction of sp³-hybridized carbons (Fsp3) is 0.444. The summed E-state index contributed by atoms with van der Waals surface area (Å²) in [7, 11) is 0. The molecule has 7 heteroatoms. The molecule has 1 aromatic heterocycles. The predicted octanol–water partition coefficient (Wildman–Crippen LogP) is 0.150. The van der Waals surface area contributed by atoms with Gasteiger partial charge >= 0.3 is 0 Å². The predicted molar refractivity (Wildman–Crippen MR) is 58.5 cm³/mol. The van der Waals surface area contributed by atoms with Crippen LogP contribution in [0, 0.1) is 5.82 Å². The van der Waals surface area contributed by atoms with Crippen LogP contribution in [0.1, 0.15) is 6.23 Å². The summed E-state index contributed by atoms with van der Waals surface area (Å²) in [5, 5.41) is 8.87. The molecule has 2 rings (SSSR count). The summed E-state index contributed by atoms with van der Waals surface area (Å²) in [6.07, 6.45) is 0.479. The lowest BCUT2D eigenvalue weighted by atomic mass is 10.4. The first-order chi connectivity index (χ1) is 7.61. The molecular formula is C9H11FN2O3S. The quantitative estimate of drug-likeness (QED) is 0.776. The van der Waals surface area contributed by atoms with Gasteiger partial charge in [0.05, 0.1) is 12.3 Å². The lowest BCUT2D eigenvalue weighted by Gasteiger charge is -2.14. The van der Waals surface area contributed by atoms with Crippen molar-refractivity contribution in [3.8, 4) is 0 Å². The second-order valence-corrected chi connectivity index (χ2v) is 4.55. The van der Waals surface area contributed by atoms with E-state index in [-0.39, 0.29) is 17.7 Å². The number of hydrogen-bond donors (Lipinski definition) is 2. The summed E-state index contributed by atoms with van der Waals surface area (Å²) in [5.41, 5.74) is 4.31. The number of aromatic nitrogens is 1. The van der Waals surface area contributed by atoms with Gasteiger partial charge in [-0.15, -0.1) is 11.8 Å². The number of ether oxygens (including phenoxy) is 1. The van der Waals surface area contributed by atoms with Crippen LogP contribution in [0.4, 0.5) is 10.1 Å². The number of aliphatic hydroxyl groups excluding tert-OH is 1. The number of nitrogen functional groups attached to an aromatic ring is 1. The van der Waals surface area contributed by atoms with Gasteiger partial charge in [0.25, 0.3) is 5.56 Å². The van der Waals surface area contributed by atoms with Crippen LogP contribution in [0.25, 0.3) is 0 Å². The highest BCUT2D eigenvalue weighted by Gasteiger charge is 2.27. The fourth-order valence-corrected chi connectivity index (χ4v) is 2.38. The molecule has 0 saturated carbocycles. The molecule has 2 atom stereocenters. The van der Waals surface area contributed by atoms with E-state index in [4.69, 9.17) is 15.6 Å². The average molecular weight is 246 g/mol. The summed E-state index contributed by atoms with van der Waals surface area (Å²) >= 11 is 1.38. The van der Waals surface area contributed by atoms with Gasteiger partial charge < -0.3 is 15.6 Å². The Morgan fingerprint density at radius 1 is 1.75 bits per heavy atom. The molecule has 88 valence electrons. The monoisotopic (exact) mass is 246 g/mol. The van der Waals surface area contributed by atoms with Gasteiger partial charge in [-0.25, -0.2) is 4.39 Å². The molecule has 0 spiro atoms. The molecule has 0 amide bonds. The van der Waals surface area contributed by atoms with E-state index >= 15 is 0 Å². The third kappa shape index (κ3) is 2.06. The van der Waals surface area contributed by atoms with E-state index in [9.17, 15) is 9.18 Å². The van der Waals surface area contributed by atoms with Crippen molar-refractivity contribution in [2.45, 2.75) is 11.7 Å². The standard InChI is InChI=1S/C9H11FN2O3S/c10-5-2-12(7(14)1-6(5)11)8-4-16-9(3-13)15-8/h1-2,8-9,13H,3-4,11H2/t8-,9-/m1/s1. The van der Waals surface area contributed by atoms with Crippen molar-refractivity contribution >= 4 is 17.4 Å². The highest BCUT2D eigenvalue weighted by atomic mass is 32.2. The molecule has 5 nitrogen and oxygen atoms in total. The molecule has 2 heterocycles. The number of pyridine rings is 1. The van der Waals surface area contributed by atoms with E-state index in [0.717, 1.165) is 16.8 Å². The lowest BCUT2D eigenvalue weighted by molar-refractivity contribution is -0.00604. The van der Waals surface area contributed by atoms with Crippen molar-refractivity contribution in [2.24, 2.45) is 0 Å². The van der Waals surface area contributed by atoms with Crippen LogP contribution >= 0.6 is 11.8 Å².